The third-order valence-corrected chi connectivity index (χ3v) is 4.99. The SMILES string of the molecule is NS(=O)(=O)N1CCN(C(=O)C2COc3ccccc32)CC1. The van der Waals surface area contributed by atoms with Crippen LogP contribution in [0.3, 0.4) is 0 Å². The van der Waals surface area contributed by atoms with Crippen molar-refractivity contribution in [2.45, 2.75) is 5.92 Å². The van der Waals surface area contributed by atoms with E-state index in [1.807, 2.05) is 24.3 Å². The van der Waals surface area contributed by atoms with Crippen molar-refractivity contribution in [1.29, 1.82) is 0 Å². The van der Waals surface area contributed by atoms with E-state index in [0.29, 0.717) is 19.7 Å². The standard InChI is InChI=1S/C13H17N3O4S/c14-21(18,19)16-7-5-15(6-8-16)13(17)11-9-20-12-4-2-1-3-10(11)12/h1-4,11H,5-9H2,(H2,14,18,19). The first-order chi connectivity index (χ1) is 9.97. The quantitative estimate of drug-likeness (QED) is 0.797. The molecule has 8 heteroatoms. The van der Waals surface area contributed by atoms with Gasteiger partial charge in [0.1, 0.15) is 18.3 Å². The van der Waals surface area contributed by atoms with E-state index in [2.05, 4.69) is 0 Å². The molecule has 0 saturated carbocycles. The van der Waals surface area contributed by atoms with Crippen LogP contribution in [0.5, 0.6) is 5.75 Å². The summed E-state index contributed by atoms with van der Waals surface area (Å²) in [6, 6.07) is 7.50. The second-order valence-corrected chi connectivity index (χ2v) is 6.72. The minimum atomic E-state index is -3.67. The van der Waals surface area contributed by atoms with Crippen LogP contribution >= 0.6 is 0 Å². The van der Waals surface area contributed by atoms with Crippen molar-refractivity contribution in [2.75, 3.05) is 32.8 Å². The minimum absolute atomic E-state index is 0.0194. The molecule has 21 heavy (non-hydrogen) atoms. The van der Waals surface area contributed by atoms with Crippen LogP contribution in [0.15, 0.2) is 24.3 Å². The lowest BCUT2D eigenvalue weighted by Gasteiger charge is -2.34. The van der Waals surface area contributed by atoms with Crippen LogP contribution in [0.2, 0.25) is 0 Å². The molecular formula is C13H17N3O4S. The van der Waals surface area contributed by atoms with E-state index in [9.17, 15) is 13.2 Å². The first-order valence-corrected chi connectivity index (χ1v) is 8.25. The van der Waals surface area contributed by atoms with Gasteiger partial charge < -0.3 is 9.64 Å². The van der Waals surface area contributed by atoms with Crippen LogP contribution in [-0.4, -0.2) is 56.3 Å². The first-order valence-electron chi connectivity index (χ1n) is 6.75. The van der Waals surface area contributed by atoms with Crippen LogP contribution in [-0.2, 0) is 15.0 Å². The molecule has 0 spiro atoms. The molecule has 1 aromatic rings. The van der Waals surface area contributed by atoms with E-state index < -0.39 is 10.2 Å². The van der Waals surface area contributed by atoms with Gasteiger partial charge in [0.2, 0.25) is 5.91 Å². The Morgan fingerprint density at radius 3 is 2.52 bits per heavy atom. The molecule has 0 bridgehead atoms. The lowest BCUT2D eigenvalue weighted by atomic mass is 9.99. The molecule has 0 aliphatic carbocycles. The molecule has 7 nitrogen and oxygen atoms in total. The number of para-hydroxylation sites is 1. The van der Waals surface area contributed by atoms with Crippen LogP contribution < -0.4 is 9.88 Å². The summed E-state index contributed by atoms with van der Waals surface area (Å²) in [7, 11) is -3.67. The third-order valence-electron chi connectivity index (χ3n) is 3.91. The van der Waals surface area contributed by atoms with Gasteiger partial charge in [-0.05, 0) is 6.07 Å². The Labute approximate surface area is 123 Å². The predicted molar refractivity (Wildman–Crippen MR) is 75.9 cm³/mol. The van der Waals surface area contributed by atoms with Crippen molar-refractivity contribution in [3.05, 3.63) is 29.8 Å². The van der Waals surface area contributed by atoms with Crippen LogP contribution in [0.1, 0.15) is 11.5 Å². The summed E-state index contributed by atoms with van der Waals surface area (Å²) in [5.74, 6) is 0.426. The fraction of sp³-hybridized carbons (Fsp3) is 0.462. The predicted octanol–water partition coefficient (Wildman–Crippen LogP) is -0.490. The van der Waals surface area contributed by atoms with Gasteiger partial charge in [0.05, 0.1) is 0 Å². The van der Waals surface area contributed by atoms with Crippen molar-refractivity contribution < 1.29 is 17.9 Å². The number of nitrogens with zero attached hydrogens (tertiary/aromatic N) is 2. The Kier molecular flexibility index (Phi) is 3.60. The van der Waals surface area contributed by atoms with Gasteiger partial charge in [0.15, 0.2) is 0 Å². The molecule has 0 radical (unpaired) electrons. The zero-order valence-electron chi connectivity index (χ0n) is 11.4. The van der Waals surface area contributed by atoms with Gasteiger partial charge in [0, 0.05) is 31.7 Å². The second-order valence-electron chi connectivity index (χ2n) is 5.17. The molecule has 0 aromatic heterocycles. The maximum absolute atomic E-state index is 12.6. The maximum Gasteiger partial charge on any atom is 0.277 e. The number of hydrogen-bond acceptors (Lipinski definition) is 4. The van der Waals surface area contributed by atoms with E-state index in [-0.39, 0.29) is 24.9 Å². The minimum Gasteiger partial charge on any atom is -0.492 e. The summed E-state index contributed by atoms with van der Waals surface area (Å²) in [5.41, 5.74) is 0.899. The van der Waals surface area contributed by atoms with Crippen LogP contribution in [0, 0.1) is 0 Å². The Hall–Kier alpha value is -1.64. The molecule has 2 aliphatic heterocycles. The topological polar surface area (TPSA) is 92.9 Å². The molecule has 1 aromatic carbocycles. The molecule has 1 saturated heterocycles. The highest BCUT2D eigenvalue weighted by atomic mass is 32.2. The highest BCUT2D eigenvalue weighted by Gasteiger charge is 2.35. The second kappa shape index (κ2) is 5.28. The van der Waals surface area contributed by atoms with Crippen molar-refractivity contribution in [2.24, 2.45) is 5.14 Å². The monoisotopic (exact) mass is 311 g/mol. The molecule has 114 valence electrons. The lowest BCUT2D eigenvalue weighted by Crippen LogP contribution is -2.53. The zero-order valence-corrected chi connectivity index (χ0v) is 12.3. The molecular weight excluding hydrogens is 294 g/mol. The van der Waals surface area contributed by atoms with E-state index in [1.165, 1.54) is 4.31 Å². The average molecular weight is 311 g/mol. The molecule has 1 fully saturated rings. The van der Waals surface area contributed by atoms with Crippen LogP contribution in [0.4, 0.5) is 0 Å². The largest absolute Gasteiger partial charge is 0.492 e. The number of carbonyl (C=O) groups is 1. The van der Waals surface area contributed by atoms with E-state index in [1.54, 1.807) is 4.90 Å². The Balaban J connectivity index is 1.69. The normalized spacial score (nSPS) is 22.7. The smallest absolute Gasteiger partial charge is 0.277 e. The van der Waals surface area contributed by atoms with Crippen LogP contribution in [0.25, 0.3) is 0 Å². The highest BCUT2D eigenvalue weighted by Crippen LogP contribution is 2.34. The zero-order chi connectivity index (χ0) is 15.0. The Morgan fingerprint density at radius 1 is 1.19 bits per heavy atom. The molecule has 1 unspecified atom stereocenters. The van der Waals surface area contributed by atoms with Gasteiger partial charge in [-0.3, -0.25) is 4.79 Å². The summed E-state index contributed by atoms with van der Waals surface area (Å²) in [4.78, 5) is 14.2. The third kappa shape index (κ3) is 2.74. The summed E-state index contributed by atoms with van der Waals surface area (Å²) in [5, 5.41) is 5.09. The van der Waals surface area contributed by atoms with Gasteiger partial charge in [-0.15, -0.1) is 0 Å². The van der Waals surface area contributed by atoms with E-state index in [4.69, 9.17) is 9.88 Å². The van der Waals surface area contributed by atoms with Gasteiger partial charge in [-0.1, -0.05) is 18.2 Å². The number of fused-ring (bicyclic) bond motifs is 1. The Bertz CT molecular complexity index is 653. The molecule has 3 rings (SSSR count). The highest BCUT2D eigenvalue weighted by molar-refractivity contribution is 7.86. The maximum atomic E-state index is 12.6. The number of piperazine rings is 1. The number of ether oxygens (including phenoxy) is 1. The van der Waals surface area contributed by atoms with Gasteiger partial charge >= 0.3 is 0 Å². The van der Waals surface area contributed by atoms with Crippen molar-refractivity contribution in [3.8, 4) is 5.75 Å². The molecule has 2 aliphatic rings. The number of benzene rings is 1. The van der Waals surface area contributed by atoms with Gasteiger partial charge in [0.25, 0.3) is 10.2 Å². The molecule has 2 heterocycles. The fourth-order valence-corrected chi connectivity index (χ4v) is 3.42. The van der Waals surface area contributed by atoms with Crippen molar-refractivity contribution in [1.82, 2.24) is 9.21 Å². The average Bonchev–Trinajstić information content (AvgIpc) is 2.90. The van der Waals surface area contributed by atoms with E-state index >= 15 is 0 Å². The molecule has 1 atom stereocenters. The van der Waals surface area contributed by atoms with Crippen molar-refractivity contribution >= 4 is 16.1 Å². The van der Waals surface area contributed by atoms with Gasteiger partial charge in [-0.2, -0.15) is 12.7 Å². The summed E-state index contributed by atoms with van der Waals surface area (Å²) in [6.07, 6.45) is 0. The molecule has 1 amide bonds. The number of hydrogen-bond donors (Lipinski definition) is 1. The first kappa shape index (κ1) is 14.3. The fourth-order valence-electron chi connectivity index (χ4n) is 2.75. The summed E-state index contributed by atoms with van der Waals surface area (Å²) >= 11 is 0. The van der Waals surface area contributed by atoms with E-state index in [0.717, 1.165) is 11.3 Å². The Morgan fingerprint density at radius 2 is 1.86 bits per heavy atom. The van der Waals surface area contributed by atoms with Gasteiger partial charge in [-0.25, -0.2) is 5.14 Å². The van der Waals surface area contributed by atoms with Crippen molar-refractivity contribution in [3.63, 3.8) is 0 Å². The number of carbonyl (C=O) groups excluding carboxylic acids is 1. The number of rotatable bonds is 2. The number of nitrogens with two attached hydrogens (primary N) is 1. The summed E-state index contributed by atoms with van der Waals surface area (Å²) in [6.45, 7) is 1.52. The molecule has 2 N–H and O–H groups in total. The number of amides is 1. The summed E-state index contributed by atoms with van der Waals surface area (Å²) < 4.78 is 29.2. The lowest BCUT2D eigenvalue weighted by molar-refractivity contribution is -0.134.